The van der Waals surface area contributed by atoms with Gasteiger partial charge in [-0.25, -0.2) is 4.68 Å². The highest BCUT2D eigenvalue weighted by molar-refractivity contribution is 5.94. The molecule has 3 heterocycles. The smallest absolute Gasteiger partial charge is 0.254 e. The third kappa shape index (κ3) is 3.09. The van der Waals surface area contributed by atoms with Crippen LogP contribution in [0.25, 0.3) is 5.69 Å². The van der Waals surface area contributed by atoms with Crippen LogP contribution in [-0.2, 0) is 0 Å². The molecule has 1 aromatic carbocycles. The van der Waals surface area contributed by atoms with E-state index in [2.05, 4.69) is 21.8 Å². The van der Waals surface area contributed by atoms with Crippen molar-refractivity contribution in [1.29, 1.82) is 0 Å². The summed E-state index contributed by atoms with van der Waals surface area (Å²) >= 11 is 0. The fourth-order valence-corrected chi connectivity index (χ4v) is 4.16. The number of rotatable bonds is 3. The minimum atomic E-state index is 0.168. The van der Waals surface area contributed by atoms with Crippen LogP contribution in [0, 0.1) is 6.92 Å². The van der Waals surface area contributed by atoms with Crippen molar-refractivity contribution in [2.75, 3.05) is 19.6 Å². The average Bonchev–Trinajstić information content (AvgIpc) is 3.28. The maximum atomic E-state index is 13.1. The molecule has 2 aliphatic rings. The van der Waals surface area contributed by atoms with Crippen molar-refractivity contribution in [1.82, 2.24) is 19.6 Å². The second-order valence-corrected chi connectivity index (χ2v) is 7.32. The number of aryl methyl sites for hydroxylation is 1. The second kappa shape index (κ2) is 6.64. The van der Waals surface area contributed by atoms with E-state index < -0.39 is 0 Å². The van der Waals surface area contributed by atoms with Crippen molar-refractivity contribution in [2.45, 2.75) is 45.2 Å². The first kappa shape index (κ1) is 16.3. The molecule has 0 N–H and O–H groups in total. The van der Waals surface area contributed by atoms with Gasteiger partial charge < -0.3 is 4.90 Å². The van der Waals surface area contributed by atoms with Crippen molar-refractivity contribution in [3.05, 3.63) is 47.8 Å². The quantitative estimate of drug-likeness (QED) is 0.864. The number of nitrogens with zero attached hydrogens (tertiary/aromatic N) is 4. The number of amides is 1. The number of benzene rings is 1. The van der Waals surface area contributed by atoms with Crippen LogP contribution in [0.3, 0.4) is 0 Å². The van der Waals surface area contributed by atoms with Gasteiger partial charge in [0.2, 0.25) is 0 Å². The summed E-state index contributed by atoms with van der Waals surface area (Å²) in [6, 6.07) is 8.71. The zero-order chi connectivity index (χ0) is 17.4. The third-order valence-corrected chi connectivity index (χ3v) is 5.62. The van der Waals surface area contributed by atoms with Crippen LogP contribution in [0.5, 0.6) is 0 Å². The van der Waals surface area contributed by atoms with Gasteiger partial charge in [0, 0.05) is 36.9 Å². The SMILES string of the molecule is CC[C@H]1CN2CCC[C@@H]2CN1C(=O)c1ccc(-n2cc(C)cn2)cc1. The zero-order valence-corrected chi connectivity index (χ0v) is 15.1. The van der Waals surface area contributed by atoms with Gasteiger partial charge in [0.25, 0.3) is 5.91 Å². The van der Waals surface area contributed by atoms with E-state index in [9.17, 15) is 4.79 Å². The first-order chi connectivity index (χ1) is 12.2. The summed E-state index contributed by atoms with van der Waals surface area (Å²) in [5.41, 5.74) is 2.88. The van der Waals surface area contributed by atoms with E-state index in [1.54, 1.807) is 0 Å². The fourth-order valence-electron chi connectivity index (χ4n) is 4.16. The largest absolute Gasteiger partial charge is 0.333 e. The van der Waals surface area contributed by atoms with Crippen LogP contribution in [0.2, 0.25) is 0 Å². The Morgan fingerprint density at radius 3 is 2.72 bits per heavy atom. The molecule has 0 bridgehead atoms. The number of hydrogen-bond donors (Lipinski definition) is 0. The normalized spacial score (nSPS) is 23.7. The molecule has 0 radical (unpaired) electrons. The summed E-state index contributed by atoms with van der Waals surface area (Å²) in [6.45, 7) is 7.30. The zero-order valence-electron chi connectivity index (χ0n) is 15.1. The highest BCUT2D eigenvalue weighted by atomic mass is 16.2. The molecular formula is C20H26N4O. The van der Waals surface area contributed by atoms with Crippen molar-refractivity contribution < 1.29 is 4.79 Å². The Morgan fingerprint density at radius 2 is 2.04 bits per heavy atom. The lowest BCUT2D eigenvalue weighted by Crippen LogP contribution is -2.57. The molecule has 1 amide bonds. The number of piperazine rings is 1. The minimum Gasteiger partial charge on any atom is -0.333 e. The third-order valence-electron chi connectivity index (χ3n) is 5.62. The van der Waals surface area contributed by atoms with Crippen molar-refractivity contribution in [2.24, 2.45) is 0 Å². The molecule has 2 saturated heterocycles. The molecule has 1 aromatic heterocycles. The van der Waals surface area contributed by atoms with Crippen molar-refractivity contribution >= 4 is 5.91 Å². The molecule has 2 aliphatic heterocycles. The van der Waals surface area contributed by atoms with E-state index in [4.69, 9.17) is 0 Å². The number of hydrogen-bond acceptors (Lipinski definition) is 3. The van der Waals surface area contributed by atoms with Crippen molar-refractivity contribution in [3.8, 4) is 5.69 Å². The van der Waals surface area contributed by atoms with Crippen LogP contribution in [0.15, 0.2) is 36.7 Å². The van der Waals surface area contributed by atoms with Gasteiger partial charge in [-0.15, -0.1) is 0 Å². The van der Waals surface area contributed by atoms with Gasteiger partial charge >= 0.3 is 0 Å². The van der Waals surface area contributed by atoms with Gasteiger partial charge in [-0.2, -0.15) is 5.10 Å². The van der Waals surface area contributed by atoms with Gasteiger partial charge in [0.05, 0.1) is 11.9 Å². The van der Waals surface area contributed by atoms with E-state index >= 15 is 0 Å². The highest BCUT2D eigenvalue weighted by Crippen LogP contribution is 2.27. The molecule has 5 nitrogen and oxygen atoms in total. The first-order valence-corrected chi connectivity index (χ1v) is 9.32. The van der Waals surface area contributed by atoms with E-state index in [-0.39, 0.29) is 5.91 Å². The number of aromatic nitrogens is 2. The van der Waals surface area contributed by atoms with Crippen LogP contribution in [-0.4, -0.2) is 57.2 Å². The number of carbonyl (C=O) groups excluding carboxylic acids is 1. The Morgan fingerprint density at radius 1 is 1.24 bits per heavy atom. The van der Waals surface area contributed by atoms with Crippen LogP contribution in [0.4, 0.5) is 0 Å². The summed E-state index contributed by atoms with van der Waals surface area (Å²) in [5, 5.41) is 4.33. The Kier molecular flexibility index (Phi) is 4.34. The summed E-state index contributed by atoms with van der Waals surface area (Å²) < 4.78 is 1.84. The average molecular weight is 338 g/mol. The molecule has 0 aliphatic carbocycles. The molecule has 132 valence electrons. The molecule has 5 heteroatoms. The molecule has 0 unspecified atom stereocenters. The Labute approximate surface area is 149 Å². The van der Waals surface area contributed by atoms with Crippen LogP contribution < -0.4 is 0 Å². The van der Waals surface area contributed by atoms with Gasteiger partial charge in [0.1, 0.15) is 0 Å². The standard InChI is InChI=1S/C20H26N4O/c1-3-17-13-22-10-4-5-19(22)14-23(17)20(25)16-6-8-18(9-7-16)24-12-15(2)11-21-24/h6-9,11-12,17,19H,3-5,10,13-14H2,1-2H3/t17-,19+/m0/s1. The second-order valence-electron chi connectivity index (χ2n) is 7.32. The van der Waals surface area contributed by atoms with E-state index in [0.29, 0.717) is 12.1 Å². The Hall–Kier alpha value is -2.14. The highest BCUT2D eigenvalue weighted by Gasteiger charge is 2.37. The molecule has 2 fully saturated rings. The lowest BCUT2D eigenvalue weighted by atomic mass is 10.0. The summed E-state index contributed by atoms with van der Waals surface area (Å²) in [5.74, 6) is 0.168. The number of fused-ring (bicyclic) bond motifs is 1. The van der Waals surface area contributed by atoms with Crippen LogP contribution >= 0.6 is 0 Å². The van der Waals surface area contributed by atoms with Crippen LogP contribution in [0.1, 0.15) is 42.1 Å². The molecular weight excluding hydrogens is 312 g/mol. The summed E-state index contributed by atoms with van der Waals surface area (Å²) in [4.78, 5) is 17.8. The monoisotopic (exact) mass is 338 g/mol. The van der Waals surface area contributed by atoms with Gasteiger partial charge in [-0.3, -0.25) is 9.69 Å². The molecule has 25 heavy (non-hydrogen) atoms. The fraction of sp³-hybridized carbons (Fsp3) is 0.500. The number of carbonyl (C=O) groups is 1. The lowest BCUT2D eigenvalue weighted by Gasteiger charge is -2.43. The lowest BCUT2D eigenvalue weighted by molar-refractivity contribution is 0.0345. The minimum absolute atomic E-state index is 0.168. The molecule has 2 atom stereocenters. The van der Waals surface area contributed by atoms with E-state index in [1.807, 2.05) is 48.3 Å². The van der Waals surface area contributed by atoms with E-state index in [0.717, 1.165) is 36.3 Å². The Bertz CT molecular complexity index is 751. The Balaban J connectivity index is 1.53. The first-order valence-electron chi connectivity index (χ1n) is 9.32. The summed E-state index contributed by atoms with van der Waals surface area (Å²) in [6.07, 6.45) is 7.33. The maximum Gasteiger partial charge on any atom is 0.254 e. The molecule has 4 rings (SSSR count). The topological polar surface area (TPSA) is 41.4 Å². The predicted molar refractivity (Wildman–Crippen MR) is 98.0 cm³/mol. The van der Waals surface area contributed by atoms with Crippen molar-refractivity contribution in [3.63, 3.8) is 0 Å². The van der Waals surface area contributed by atoms with Gasteiger partial charge in [-0.05, 0) is 62.6 Å². The van der Waals surface area contributed by atoms with E-state index in [1.165, 1.54) is 19.4 Å². The molecule has 2 aromatic rings. The van der Waals surface area contributed by atoms with Gasteiger partial charge in [0.15, 0.2) is 0 Å². The summed E-state index contributed by atoms with van der Waals surface area (Å²) in [7, 11) is 0. The molecule has 0 saturated carbocycles. The maximum absolute atomic E-state index is 13.1. The predicted octanol–water partition coefficient (Wildman–Crippen LogP) is 2.88. The van der Waals surface area contributed by atoms with Gasteiger partial charge in [-0.1, -0.05) is 6.92 Å². The molecule has 0 spiro atoms.